The highest BCUT2D eigenvalue weighted by atomic mass is 35.5. The lowest BCUT2D eigenvalue weighted by Gasteiger charge is -2.33. The maximum Gasteiger partial charge on any atom is 0.234 e. The summed E-state index contributed by atoms with van der Waals surface area (Å²) in [5.74, 6) is 0.896. The van der Waals surface area contributed by atoms with E-state index in [1.807, 2.05) is 31.2 Å². The van der Waals surface area contributed by atoms with Crippen molar-refractivity contribution >= 4 is 17.5 Å². The fraction of sp³-hybridized carbons (Fsp3) is 0.611. The van der Waals surface area contributed by atoms with Crippen LogP contribution in [0.15, 0.2) is 24.3 Å². The molecule has 0 saturated heterocycles. The Hall–Kier alpha value is -1.06. The predicted octanol–water partition coefficient (Wildman–Crippen LogP) is 4.03. The molecule has 22 heavy (non-hydrogen) atoms. The highest BCUT2D eigenvalue weighted by Crippen LogP contribution is 2.26. The highest BCUT2D eigenvalue weighted by Gasteiger charge is 2.23. The van der Waals surface area contributed by atoms with Crippen LogP contribution in [0.5, 0.6) is 0 Å². The minimum Gasteiger partial charge on any atom is -0.348 e. The number of nitrogens with one attached hydrogen (secondary N) is 1. The van der Waals surface area contributed by atoms with Crippen molar-refractivity contribution in [1.29, 1.82) is 0 Å². The topological polar surface area (TPSA) is 32.3 Å². The van der Waals surface area contributed by atoms with Crippen LogP contribution in [0.2, 0.25) is 5.02 Å². The van der Waals surface area contributed by atoms with Gasteiger partial charge in [0.05, 0.1) is 12.6 Å². The molecular formula is C18H27ClN2O. The molecule has 0 radical (unpaired) electrons. The second-order valence-corrected chi connectivity index (χ2v) is 7.05. The van der Waals surface area contributed by atoms with E-state index in [9.17, 15) is 4.79 Å². The van der Waals surface area contributed by atoms with Gasteiger partial charge in [-0.15, -0.1) is 0 Å². The van der Waals surface area contributed by atoms with Crippen LogP contribution in [0.4, 0.5) is 0 Å². The molecule has 1 aliphatic rings. The molecule has 2 rings (SSSR count). The summed E-state index contributed by atoms with van der Waals surface area (Å²) in [5.41, 5.74) is 0.965. The van der Waals surface area contributed by atoms with E-state index in [1.165, 1.54) is 25.7 Å². The molecule has 122 valence electrons. The van der Waals surface area contributed by atoms with Gasteiger partial charge in [0.1, 0.15) is 0 Å². The van der Waals surface area contributed by atoms with Crippen molar-refractivity contribution in [3.8, 4) is 0 Å². The predicted molar refractivity (Wildman–Crippen MR) is 92.1 cm³/mol. The summed E-state index contributed by atoms with van der Waals surface area (Å²) in [5, 5.41) is 3.75. The number of hydrogen-bond donors (Lipinski definition) is 1. The summed E-state index contributed by atoms with van der Waals surface area (Å²) in [6.07, 6.45) is 4.94. The van der Waals surface area contributed by atoms with Crippen LogP contribution in [0.3, 0.4) is 0 Å². The number of nitrogens with zero attached hydrogens (tertiary/aromatic N) is 1. The zero-order chi connectivity index (χ0) is 16.1. The summed E-state index contributed by atoms with van der Waals surface area (Å²) in [6.45, 7) is 4.74. The summed E-state index contributed by atoms with van der Waals surface area (Å²) in [6, 6.07) is 8.13. The standard InChI is InChI=1S/C18H27ClN2O/c1-13-8-10-15(11-9-13)21(3)12-18(22)20-14(2)16-6-4-5-7-17(16)19/h4-7,13-15H,8-12H2,1-3H3,(H,20,22)/t13?,14-,15?/m0/s1. The Labute approximate surface area is 139 Å². The van der Waals surface area contributed by atoms with Gasteiger partial charge in [0.15, 0.2) is 0 Å². The summed E-state index contributed by atoms with van der Waals surface area (Å²) < 4.78 is 0. The average Bonchev–Trinajstić information content (AvgIpc) is 2.48. The molecule has 1 atom stereocenters. The third kappa shape index (κ3) is 4.72. The van der Waals surface area contributed by atoms with Gasteiger partial charge in [0, 0.05) is 11.1 Å². The van der Waals surface area contributed by atoms with Crippen molar-refractivity contribution < 1.29 is 4.79 Å². The molecule has 1 N–H and O–H groups in total. The maximum absolute atomic E-state index is 12.3. The number of benzene rings is 1. The van der Waals surface area contributed by atoms with Gasteiger partial charge >= 0.3 is 0 Å². The van der Waals surface area contributed by atoms with Crippen molar-refractivity contribution in [3.63, 3.8) is 0 Å². The van der Waals surface area contributed by atoms with E-state index in [0.29, 0.717) is 17.6 Å². The third-order valence-electron chi connectivity index (χ3n) is 4.75. The molecule has 1 aliphatic carbocycles. The molecule has 1 amide bonds. The van der Waals surface area contributed by atoms with E-state index in [4.69, 9.17) is 11.6 Å². The van der Waals surface area contributed by atoms with Crippen molar-refractivity contribution in [2.75, 3.05) is 13.6 Å². The summed E-state index contributed by atoms with van der Waals surface area (Å²) in [4.78, 5) is 14.5. The molecule has 1 fully saturated rings. The highest BCUT2D eigenvalue weighted by molar-refractivity contribution is 6.31. The molecular weight excluding hydrogens is 296 g/mol. The second kappa shape index (κ2) is 7.98. The molecule has 4 heteroatoms. The van der Waals surface area contributed by atoms with E-state index in [2.05, 4.69) is 24.2 Å². The zero-order valence-corrected chi connectivity index (χ0v) is 14.6. The van der Waals surface area contributed by atoms with Crippen LogP contribution >= 0.6 is 11.6 Å². The lowest BCUT2D eigenvalue weighted by molar-refractivity contribution is -0.123. The lowest BCUT2D eigenvalue weighted by atomic mass is 9.87. The monoisotopic (exact) mass is 322 g/mol. The largest absolute Gasteiger partial charge is 0.348 e. The van der Waals surface area contributed by atoms with Crippen molar-refractivity contribution in [2.24, 2.45) is 5.92 Å². The maximum atomic E-state index is 12.3. The quantitative estimate of drug-likeness (QED) is 0.887. The van der Waals surface area contributed by atoms with Gasteiger partial charge in [-0.25, -0.2) is 0 Å². The van der Waals surface area contributed by atoms with Crippen molar-refractivity contribution in [3.05, 3.63) is 34.9 Å². The van der Waals surface area contributed by atoms with Crippen molar-refractivity contribution in [1.82, 2.24) is 10.2 Å². The van der Waals surface area contributed by atoms with Crippen LogP contribution in [0.25, 0.3) is 0 Å². The van der Waals surface area contributed by atoms with E-state index < -0.39 is 0 Å². The van der Waals surface area contributed by atoms with Gasteiger partial charge in [-0.2, -0.15) is 0 Å². The Morgan fingerprint density at radius 3 is 2.59 bits per heavy atom. The molecule has 0 bridgehead atoms. The molecule has 1 saturated carbocycles. The molecule has 1 aromatic rings. The van der Waals surface area contributed by atoms with Crippen molar-refractivity contribution in [2.45, 2.75) is 51.6 Å². The Balaban J connectivity index is 1.83. The Kier molecular flexibility index (Phi) is 6.27. The van der Waals surface area contributed by atoms with Crippen LogP contribution in [0, 0.1) is 5.92 Å². The minimum absolute atomic E-state index is 0.0635. The number of rotatable bonds is 5. The Bertz CT molecular complexity index is 498. The van der Waals surface area contributed by atoms with Crippen LogP contribution < -0.4 is 5.32 Å². The molecule has 0 aromatic heterocycles. The SMILES string of the molecule is CC1CCC(N(C)CC(=O)N[C@@H](C)c2ccccc2Cl)CC1. The number of likely N-dealkylation sites (N-methyl/N-ethyl adjacent to an activating group) is 1. The van der Waals surface area contributed by atoms with Gasteiger partial charge in [-0.05, 0) is 57.2 Å². The van der Waals surface area contributed by atoms with Gasteiger partial charge < -0.3 is 5.32 Å². The van der Waals surface area contributed by atoms with Crippen LogP contribution in [-0.4, -0.2) is 30.4 Å². The van der Waals surface area contributed by atoms with Gasteiger partial charge in [0.2, 0.25) is 5.91 Å². The first-order valence-electron chi connectivity index (χ1n) is 8.21. The molecule has 1 aromatic carbocycles. The fourth-order valence-electron chi connectivity index (χ4n) is 3.23. The van der Waals surface area contributed by atoms with E-state index in [1.54, 1.807) is 0 Å². The number of amides is 1. The Morgan fingerprint density at radius 1 is 1.32 bits per heavy atom. The smallest absolute Gasteiger partial charge is 0.234 e. The number of carbonyl (C=O) groups excluding carboxylic acids is 1. The first-order chi connectivity index (χ1) is 10.5. The van der Waals surface area contributed by atoms with E-state index >= 15 is 0 Å². The molecule has 3 nitrogen and oxygen atoms in total. The molecule has 0 spiro atoms. The molecule has 0 unspecified atom stereocenters. The lowest BCUT2D eigenvalue weighted by Crippen LogP contribution is -2.42. The van der Waals surface area contributed by atoms with E-state index in [0.717, 1.165) is 11.5 Å². The number of hydrogen-bond acceptors (Lipinski definition) is 2. The second-order valence-electron chi connectivity index (χ2n) is 6.64. The minimum atomic E-state index is -0.0685. The summed E-state index contributed by atoms with van der Waals surface area (Å²) in [7, 11) is 2.06. The fourth-order valence-corrected chi connectivity index (χ4v) is 3.53. The zero-order valence-electron chi connectivity index (χ0n) is 13.8. The van der Waals surface area contributed by atoms with Gasteiger partial charge in [-0.1, -0.05) is 36.7 Å². The Morgan fingerprint density at radius 2 is 1.95 bits per heavy atom. The molecule has 0 aliphatic heterocycles. The first kappa shape index (κ1) is 17.3. The number of carbonyl (C=O) groups is 1. The average molecular weight is 323 g/mol. The summed E-state index contributed by atoms with van der Waals surface area (Å²) >= 11 is 6.18. The van der Waals surface area contributed by atoms with Crippen LogP contribution in [0.1, 0.15) is 51.1 Å². The van der Waals surface area contributed by atoms with Crippen LogP contribution in [-0.2, 0) is 4.79 Å². The normalized spacial score (nSPS) is 23.3. The van der Waals surface area contributed by atoms with Gasteiger partial charge in [-0.3, -0.25) is 9.69 Å². The third-order valence-corrected chi connectivity index (χ3v) is 5.10. The van der Waals surface area contributed by atoms with Gasteiger partial charge in [0.25, 0.3) is 0 Å². The number of halogens is 1. The molecule has 0 heterocycles. The van der Waals surface area contributed by atoms with E-state index in [-0.39, 0.29) is 11.9 Å². The first-order valence-corrected chi connectivity index (χ1v) is 8.59.